The van der Waals surface area contributed by atoms with Crippen LogP contribution in [-0.2, 0) is 4.74 Å². The van der Waals surface area contributed by atoms with Crippen LogP contribution in [0.4, 0.5) is 0 Å². The molecule has 3 unspecified atom stereocenters. The molecule has 9 nitrogen and oxygen atoms in total. The van der Waals surface area contributed by atoms with E-state index in [0.29, 0.717) is 18.1 Å². The van der Waals surface area contributed by atoms with Crippen molar-refractivity contribution in [3.05, 3.63) is 0 Å². The van der Waals surface area contributed by atoms with Crippen LogP contribution in [0.1, 0.15) is 33.1 Å². The Hall–Kier alpha value is -0.360. The standard InChI is InChI=1S/C27H54N8O/c1-4-29-12-14-33(24-31-13-15-35(25(2)20-31)34-8-6-5-7-9-34)27(22-29)26-21-32(11-10-28(26)3)23-30-16-18-36-19-17-30/h25-27H,4-24H2,1-3H3. The third kappa shape index (κ3) is 6.79. The van der Waals surface area contributed by atoms with Crippen molar-refractivity contribution in [1.29, 1.82) is 0 Å². The van der Waals surface area contributed by atoms with Gasteiger partial charge >= 0.3 is 0 Å². The van der Waals surface area contributed by atoms with Crippen LogP contribution in [0, 0.1) is 0 Å². The molecule has 5 aliphatic heterocycles. The van der Waals surface area contributed by atoms with Gasteiger partial charge in [0.25, 0.3) is 0 Å². The lowest BCUT2D eigenvalue weighted by Crippen LogP contribution is -2.68. The summed E-state index contributed by atoms with van der Waals surface area (Å²) in [5, 5.41) is 5.36. The van der Waals surface area contributed by atoms with Crippen molar-refractivity contribution in [2.75, 3.05) is 125 Å². The zero-order chi connectivity index (χ0) is 24.9. The molecule has 5 saturated heterocycles. The fourth-order valence-electron chi connectivity index (χ4n) is 7.23. The predicted molar refractivity (Wildman–Crippen MR) is 146 cm³/mol. The van der Waals surface area contributed by atoms with Gasteiger partial charge in [0, 0.05) is 103 Å². The summed E-state index contributed by atoms with van der Waals surface area (Å²) in [5.74, 6) is 0. The van der Waals surface area contributed by atoms with Crippen LogP contribution >= 0.6 is 0 Å². The molecule has 5 aliphatic rings. The molecular formula is C27H54N8O. The molecule has 36 heavy (non-hydrogen) atoms. The van der Waals surface area contributed by atoms with Gasteiger partial charge in [-0.05, 0) is 33.4 Å². The minimum atomic E-state index is 0.598. The fourth-order valence-corrected chi connectivity index (χ4v) is 7.23. The zero-order valence-corrected chi connectivity index (χ0v) is 23.6. The highest BCUT2D eigenvalue weighted by atomic mass is 16.5. The summed E-state index contributed by atoms with van der Waals surface area (Å²) < 4.78 is 5.59. The summed E-state index contributed by atoms with van der Waals surface area (Å²) in [6.07, 6.45) is 4.15. The third-order valence-electron chi connectivity index (χ3n) is 9.55. The molecule has 0 bridgehead atoms. The van der Waals surface area contributed by atoms with Crippen molar-refractivity contribution in [3.8, 4) is 0 Å². The van der Waals surface area contributed by atoms with Gasteiger partial charge in [-0.2, -0.15) is 0 Å². The first kappa shape index (κ1) is 27.2. The maximum atomic E-state index is 5.59. The van der Waals surface area contributed by atoms with E-state index >= 15 is 0 Å². The molecule has 0 aliphatic carbocycles. The monoisotopic (exact) mass is 506 g/mol. The molecule has 3 atom stereocenters. The summed E-state index contributed by atoms with van der Waals surface area (Å²) >= 11 is 0. The molecule has 5 fully saturated rings. The minimum Gasteiger partial charge on any atom is -0.379 e. The van der Waals surface area contributed by atoms with Crippen molar-refractivity contribution in [2.45, 2.75) is 51.2 Å². The maximum Gasteiger partial charge on any atom is 0.0594 e. The molecular weight excluding hydrogens is 452 g/mol. The number of hydrazine groups is 1. The van der Waals surface area contributed by atoms with Crippen molar-refractivity contribution in [2.24, 2.45) is 0 Å². The molecule has 208 valence electrons. The maximum absolute atomic E-state index is 5.59. The van der Waals surface area contributed by atoms with E-state index in [-0.39, 0.29) is 0 Å². The van der Waals surface area contributed by atoms with Gasteiger partial charge in [0.15, 0.2) is 0 Å². The lowest BCUT2D eigenvalue weighted by Gasteiger charge is -2.53. The Morgan fingerprint density at radius 1 is 0.639 bits per heavy atom. The number of piperazine rings is 3. The summed E-state index contributed by atoms with van der Waals surface area (Å²) in [4.78, 5) is 16.3. The van der Waals surface area contributed by atoms with Crippen LogP contribution in [0.2, 0.25) is 0 Å². The van der Waals surface area contributed by atoms with Crippen molar-refractivity contribution in [1.82, 2.24) is 39.4 Å². The second kappa shape index (κ2) is 13.1. The van der Waals surface area contributed by atoms with Gasteiger partial charge in [-0.15, -0.1) is 0 Å². The molecule has 0 aromatic heterocycles. The van der Waals surface area contributed by atoms with E-state index in [4.69, 9.17) is 4.74 Å². The summed E-state index contributed by atoms with van der Waals surface area (Å²) in [6.45, 7) is 25.4. The van der Waals surface area contributed by atoms with E-state index < -0.39 is 0 Å². The van der Waals surface area contributed by atoms with Crippen molar-refractivity contribution < 1.29 is 4.74 Å². The fraction of sp³-hybridized carbons (Fsp3) is 1.00. The van der Waals surface area contributed by atoms with E-state index in [0.717, 1.165) is 39.6 Å². The SMILES string of the molecule is CCN1CCN(CN2CCN(N3CCCCC3)C(C)C2)C(C2CN(CN3CCOCC3)CCN2C)C1. The first-order valence-corrected chi connectivity index (χ1v) is 15.0. The number of hydrogen-bond donors (Lipinski definition) is 0. The highest BCUT2D eigenvalue weighted by Gasteiger charge is 2.39. The van der Waals surface area contributed by atoms with E-state index in [1.54, 1.807) is 0 Å². The van der Waals surface area contributed by atoms with Gasteiger partial charge in [0.1, 0.15) is 0 Å². The minimum absolute atomic E-state index is 0.598. The van der Waals surface area contributed by atoms with Crippen LogP contribution in [0.3, 0.4) is 0 Å². The second-order valence-electron chi connectivity index (χ2n) is 12.0. The average Bonchev–Trinajstić information content (AvgIpc) is 2.91. The highest BCUT2D eigenvalue weighted by molar-refractivity contribution is 4.96. The molecule has 5 rings (SSSR count). The van der Waals surface area contributed by atoms with E-state index in [9.17, 15) is 0 Å². The number of morpholine rings is 1. The first-order valence-electron chi connectivity index (χ1n) is 15.0. The summed E-state index contributed by atoms with van der Waals surface area (Å²) in [5.41, 5.74) is 0. The van der Waals surface area contributed by atoms with E-state index in [1.807, 2.05) is 0 Å². The van der Waals surface area contributed by atoms with Crippen LogP contribution in [0.5, 0.6) is 0 Å². The van der Waals surface area contributed by atoms with Gasteiger partial charge in [-0.1, -0.05) is 13.3 Å². The smallest absolute Gasteiger partial charge is 0.0594 e. The number of ether oxygens (including phenoxy) is 1. The number of likely N-dealkylation sites (N-methyl/N-ethyl adjacent to an activating group) is 2. The molecule has 9 heteroatoms. The van der Waals surface area contributed by atoms with Crippen LogP contribution in [0.15, 0.2) is 0 Å². The molecule has 0 aromatic rings. The Labute approximate surface area is 220 Å². The third-order valence-corrected chi connectivity index (χ3v) is 9.55. The number of rotatable bonds is 7. The quantitative estimate of drug-likeness (QED) is 0.483. The molecule has 0 N–H and O–H groups in total. The van der Waals surface area contributed by atoms with Gasteiger partial charge < -0.3 is 9.64 Å². The van der Waals surface area contributed by atoms with Gasteiger partial charge in [0.05, 0.1) is 26.6 Å². The Morgan fingerprint density at radius 2 is 1.33 bits per heavy atom. The molecule has 0 spiro atoms. The number of piperidine rings is 1. The van der Waals surface area contributed by atoms with E-state index in [2.05, 4.69) is 60.3 Å². The number of hydrogen-bond acceptors (Lipinski definition) is 9. The molecule has 0 aromatic carbocycles. The average molecular weight is 507 g/mol. The zero-order valence-electron chi connectivity index (χ0n) is 23.6. The Morgan fingerprint density at radius 3 is 2.08 bits per heavy atom. The van der Waals surface area contributed by atoms with Crippen molar-refractivity contribution in [3.63, 3.8) is 0 Å². The summed E-state index contributed by atoms with van der Waals surface area (Å²) in [6, 6.07) is 1.82. The molecule has 0 saturated carbocycles. The van der Waals surface area contributed by atoms with Crippen LogP contribution < -0.4 is 0 Å². The topological polar surface area (TPSA) is 35.2 Å². The normalized spacial score (nSPS) is 34.9. The Bertz CT molecular complexity index is 658. The Kier molecular flexibility index (Phi) is 9.93. The van der Waals surface area contributed by atoms with Crippen molar-refractivity contribution >= 4 is 0 Å². The number of nitrogens with zero attached hydrogens (tertiary/aromatic N) is 8. The first-order chi connectivity index (χ1) is 17.6. The van der Waals surface area contributed by atoms with Gasteiger partial charge in [-0.3, -0.25) is 24.5 Å². The largest absolute Gasteiger partial charge is 0.379 e. The lowest BCUT2D eigenvalue weighted by molar-refractivity contribution is -0.113. The summed E-state index contributed by atoms with van der Waals surface area (Å²) in [7, 11) is 2.37. The lowest BCUT2D eigenvalue weighted by atomic mass is 9.99. The molecule has 5 heterocycles. The Balaban J connectivity index is 1.19. The predicted octanol–water partition coefficient (Wildman–Crippen LogP) is 0.263. The second-order valence-corrected chi connectivity index (χ2v) is 12.0. The van der Waals surface area contributed by atoms with E-state index in [1.165, 1.54) is 97.8 Å². The van der Waals surface area contributed by atoms with Gasteiger partial charge in [0.2, 0.25) is 0 Å². The highest BCUT2D eigenvalue weighted by Crippen LogP contribution is 2.23. The molecule has 0 radical (unpaired) electrons. The molecule has 0 amide bonds. The van der Waals surface area contributed by atoms with Crippen LogP contribution in [0.25, 0.3) is 0 Å². The van der Waals surface area contributed by atoms with Crippen LogP contribution in [-0.4, -0.2) is 183 Å². The van der Waals surface area contributed by atoms with Gasteiger partial charge in [-0.25, -0.2) is 10.0 Å².